The van der Waals surface area contributed by atoms with Gasteiger partial charge in [0, 0.05) is 19.0 Å². The van der Waals surface area contributed by atoms with E-state index in [1.54, 1.807) is 0 Å². The van der Waals surface area contributed by atoms with Gasteiger partial charge in [0.05, 0.1) is 0 Å². The smallest absolute Gasteiger partial charge is 0.226 e. The summed E-state index contributed by atoms with van der Waals surface area (Å²) in [6.07, 6.45) is 1.07. The molecule has 0 aromatic carbocycles. The lowest BCUT2D eigenvalue weighted by molar-refractivity contribution is -0.132. The number of hydrogen-bond donors (Lipinski definition) is 0. The molecule has 0 N–H and O–H groups in total. The molecule has 0 heterocycles. The van der Waals surface area contributed by atoms with Gasteiger partial charge in [-0.2, -0.15) is 0 Å². The average molecular weight is 169 g/mol. The molecule has 2 nitrogen and oxygen atoms in total. The van der Waals surface area contributed by atoms with Gasteiger partial charge < -0.3 is 4.90 Å². The summed E-state index contributed by atoms with van der Waals surface area (Å²) in [5.74, 6) is 0.655. The van der Waals surface area contributed by atoms with Crippen molar-refractivity contribution < 1.29 is 4.79 Å². The molecule has 1 aliphatic rings. The fourth-order valence-corrected chi connectivity index (χ4v) is 1.64. The predicted molar refractivity (Wildman–Crippen MR) is 49.8 cm³/mol. The maximum absolute atomic E-state index is 11.7. The molecule has 1 aliphatic carbocycles. The van der Waals surface area contributed by atoms with E-state index < -0.39 is 0 Å². The van der Waals surface area contributed by atoms with E-state index in [4.69, 9.17) is 0 Å². The van der Waals surface area contributed by atoms with Crippen molar-refractivity contribution in [1.82, 2.24) is 4.90 Å². The van der Waals surface area contributed by atoms with Crippen LogP contribution >= 0.6 is 0 Å². The SMILES string of the molecule is CCN(CC)C(=O)C1CC1(C)C. The zero-order valence-electron chi connectivity index (χ0n) is 8.55. The zero-order chi connectivity index (χ0) is 9.35. The second-order valence-corrected chi connectivity index (χ2v) is 4.26. The number of hydrogen-bond acceptors (Lipinski definition) is 1. The Hall–Kier alpha value is -0.530. The Bertz CT molecular complexity index is 178. The minimum Gasteiger partial charge on any atom is -0.343 e. The van der Waals surface area contributed by atoms with Gasteiger partial charge >= 0.3 is 0 Å². The van der Waals surface area contributed by atoms with Crippen LogP contribution in [0.15, 0.2) is 0 Å². The van der Waals surface area contributed by atoms with Crippen LogP contribution in [0.1, 0.15) is 34.1 Å². The van der Waals surface area contributed by atoms with E-state index in [2.05, 4.69) is 13.8 Å². The van der Waals surface area contributed by atoms with Gasteiger partial charge in [-0.1, -0.05) is 13.8 Å². The molecule has 1 fully saturated rings. The summed E-state index contributed by atoms with van der Waals surface area (Å²) >= 11 is 0. The van der Waals surface area contributed by atoms with Gasteiger partial charge in [0.25, 0.3) is 0 Å². The van der Waals surface area contributed by atoms with Crippen molar-refractivity contribution in [3.63, 3.8) is 0 Å². The van der Waals surface area contributed by atoms with Gasteiger partial charge in [-0.25, -0.2) is 0 Å². The third-order valence-electron chi connectivity index (χ3n) is 2.89. The first kappa shape index (κ1) is 9.56. The van der Waals surface area contributed by atoms with Crippen molar-refractivity contribution >= 4 is 5.91 Å². The molecule has 0 saturated heterocycles. The Morgan fingerprint density at radius 1 is 1.42 bits per heavy atom. The fourth-order valence-electron chi connectivity index (χ4n) is 1.64. The fraction of sp³-hybridized carbons (Fsp3) is 0.900. The van der Waals surface area contributed by atoms with Gasteiger partial charge in [0.1, 0.15) is 0 Å². The van der Waals surface area contributed by atoms with Crippen molar-refractivity contribution in [2.24, 2.45) is 11.3 Å². The lowest BCUT2D eigenvalue weighted by Gasteiger charge is -2.19. The van der Waals surface area contributed by atoms with Gasteiger partial charge in [0.15, 0.2) is 0 Å². The van der Waals surface area contributed by atoms with E-state index >= 15 is 0 Å². The maximum atomic E-state index is 11.7. The second kappa shape index (κ2) is 3.08. The van der Waals surface area contributed by atoms with E-state index in [1.807, 2.05) is 18.7 Å². The minimum atomic E-state index is 0.277. The van der Waals surface area contributed by atoms with Crippen molar-refractivity contribution in [1.29, 1.82) is 0 Å². The molecule has 70 valence electrons. The Labute approximate surface area is 74.9 Å². The average Bonchev–Trinajstić information content (AvgIpc) is 2.62. The Kier molecular flexibility index (Phi) is 2.45. The standard InChI is InChI=1S/C10H19NO/c1-5-11(6-2)9(12)8-7-10(8,3)4/h8H,5-7H2,1-4H3. The Balaban J connectivity index is 2.49. The Morgan fingerprint density at radius 2 is 1.83 bits per heavy atom. The summed E-state index contributed by atoms with van der Waals surface area (Å²) in [5, 5.41) is 0. The maximum Gasteiger partial charge on any atom is 0.226 e. The highest BCUT2D eigenvalue weighted by atomic mass is 16.2. The number of rotatable bonds is 3. The number of nitrogens with zero attached hydrogens (tertiary/aromatic N) is 1. The highest BCUT2D eigenvalue weighted by Crippen LogP contribution is 2.52. The van der Waals surface area contributed by atoms with Crippen LogP contribution in [-0.2, 0) is 4.79 Å². The molecule has 1 amide bonds. The molecular formula is C10H19NO. The largest absolute Gasteiger partial charge is 0.343 e. The first-order valence-corrected chi connectivity index (χ1v) is 4.81. The van der Waals surface area contributed by atoms with Crippen molar-refractivity contribution in [2.45, 2.75) is 34.1 Å². The highest BCUT2D eigenvalue weighted by Gasteiger charge is 2.51. The predicted octanol–water partition coefficient (Wildman–Crippen LogP) is 1.90. The summed E-state index contributed by atoms with van der Waals surface area (Å²) in [4.78, 5) is 13.6. The zero-order valence-corrected chi connectivity index (χ0v) is 8.55. The normalized spacial score (nSPS) is 25.2. The van der Waals surface area contributed by atoms with Crippen molar-refractivity contribution in [3.8, 4) is 0 Å². The van der Waals surface area contributed by atoms with Gasteiger partial charge in [-0.15, -0.1) is 0 Å². The van der Waals surface area contributed by atoms with Crippen LogP contribution in [0.25, 0.3) is 0 Å². The number of carbonyl (C=O) groups is 1. The molecular weight excluding hydrogens is 150 g/mol. The van der Waals surface area contributed by atoms with E-state index in [9.17, 15) is 4.79 Å². The third kappa shape index (κ3) is 1.62. The minimum absolute atomic E-state index is 0.277. The molecule has 1 rings (SSSR count). The summed E-state index contributed by atoms with van der Waals surface area (Å²) in [6, 6.07) is 0. The Morgan fingerprint density at radius 3 is 2.08 bits per heavy atom. The van der Waals surface area contributed by atoms with Crippen molar-refractivity contribution in [2.75, 3.05) is 13.1 Å². The van der Waals surface area contributed by atoms with Gasteiger partial charge in [-0.05, 0) is 25.7 Å². The summed E-state index contributed by atoms with van der Waals surface area (Å²) in [6.45, 7) is 10.1. The van der Waals surface area contributed by atoms with Crippen LogP contribution in [0.4, 0.5) is 0 Å². The van der Waals surface area contributed by atoms with E-state index in [1.165, 1.54) is 0 Å². The van der Waals surface area contributed by atoms with E-state index in [0.717, 1.165) is 19.5 Å². The summed E-state index contributed by atoms with van der Waals surface area (Å²) < 4.78 is 0. The molecule has 0 spiro atoms. The molecule has 0 bridgehead atoms. The number of amides is 1. The molecule has 1 atom stereocenters. The highest BCUT2D eigenvalue weighted by molar-refractivity contribution is 5.82. The topological polar surface area (TPSA) is 20.3 Å². The van der Waals surface area contributed by atoms with Gasteiger partial charge in [0.2, 0.25) is 5.91 Å². The van der Waals surface area contributed by atoms with E-state index in [-0.39, 0.29) is 5.41 Å². The third-order valence-corrected chi connectivity index (χ3v) is 2.89. The quantitative estimate of drug-likeness (QED) is 0.632. The molecule has 2 heteroatoms. The summed E-state index contributed by atoms with van der Waals surface area (Å²) in [5.41, 5.74) is 0.277. The van der Waals surface area contributed by atoms with Crippen LogP contribution in [0.2, 0.25) is 0 Å². The van der Waals surface area contributed by atoms with Crippen LogP contribution in [0.5, 0.6) is 0 Å². The van der Waals surface area contributed by atoms with Crippen LogP contribution in [0.3, 0.4) is 0 Å². The number of carbonyl (C=O) groups excluding carboxylic acids is 1. The molecule has 0 aliphatic heterocycles. The van der Waals surface area contributed by atoms with E-state index in [0.29, 0.717) is 11.8 Å². The molecule has 0 aromatic rings. The lowest BCUT2D eigenvalue weighted by atomic mass is 10.1. The van der Waals surface area contributed by atoms with Crippen LogP contribution in [-0.4, -0.2) is 23.9 Å². The molecule has 12 heavy (non-hydrogen) atoms. The van der Waals surface area contributed by atoms with Crippen LogP contribution < -0.4 is 0 Å². The molecule has 0 aromatic heterocycles. The first-order chi connectivity index (χ1) is 5.53. The van der Waals surface area contributed by atoms with Crippen molar-refractivity contribution in [3.05, 3.63) is 0 Å². The van der Waals surface area contributed by atoms with Crippen LogP contribution in [0, 0.1) is 11.3 Å². The molecule has 1 saturated carbocycles. The first-order valence-electron chi connectivity index (χ1n) is 4.81. The van der Waals surface area contributed by atoms with Gasteiger partial charge in [-0.3, -0.25) is 4.79 Å². The molecule has 0 radical (unpaired) electrons. The monoisotopic (exact) mass is 169 g/mol. The summed E-state index contributed by atoms with van der Waals surface area (Å²) in [7, 11) is 0. The molecule has 1 unspecified atom stereocenters. The second-order valence-electron chi connectivity index (χ2n) is 4.26. The lowest BCUT2D eigenvalue weighted by Crippen LogP contribution is -2.32.